The van der Waals surface area contributed by atoms with E-state index < -0.39 is 0 Å². The van der Waals surface area contributed by atoms with E-state index in [-0.39, 0.29) is 0 Å². The molecule has 2 aromatic carbocycles. The fourth-order valence-electron chi connectivity index (χ4n) is 3.46. The molecule has 0 spiro atoms. The van der Waals surface area contributed by atoms with Gasteiger partial charge in [0, 0.05) is 30.4 Å². The van der Waals surface area contributed by atoms with Crippen LogP contribution in [-0.4, -0.2) is 51.0 Å². The summed E-state index contributed by atoms with van der Waals surface area (Å²) in [5.74, 6) is 1.32. The van der Waals surface area contributed by atoms with Crippen LogP contribution >= 0.6 is 0 Å². The third-order valence-electron chi connectivity index (χ3n) is 4.94. The van der Waals surface area contributed by atoms with E-state index >= 15 is 0 Å². The monoisotopic (exact) mass is 387 g/mol. The predicted octanol–water partition coefficient (Wildman–Crippen LogP) is 3.10. The average molecular weight is 387 g/mol. The van der Waals surface area contributed by atoms with Crippen LogP contribution in [0, 0.1) is 6.92 Å². The van der Waals surface area contributed by atoms with Crippen molar-refractivity contribution in [2.24, 2.45) is 0 Å². The van der Waals surface area contributed by atoms with Gasteiger partial charge < -0.3 is 15.0 Å². The smallest absolute Gasteiger partial charge is 0.227 e. The lowest BCUT2D eigenvalue weighted by atomic mass is 10.2. The maximum Gasteiger partial charge on any atom is 0.227 e. The Balaban J connectivity index is 1.41. The van der Waals surface area contributed by atoms with E-state index in [4.69, 9.17) is 9.72 Å². The fourth-order valence-corrected chi connectivity index (χ4v) is 3.46. The van der Waals surface area contributed by atoms with Crippen LogP contribution in [0.5, 0.6) is 0 Å². The summed E-state index contributed by atoms with van der Waals surface area (Å²) in [6, 6.07) is 14.1. The molecule has 5 rings (SSSR count). The maximum atomic E-state index is 5.48. The highest BCUT2D eigenvalue weighted by molar-refractivity contribution is 5.91. The maximum absolute atomic E-state index is 5.48. The zero-order chi connectivity index (χ0) is 19.6. The number of hydrogen-bond acceptors (Lipinski definition) is 7. The molecular formula is C21H21N7O. The Hall–Kier alpha value is -3.52. The van der Waals surface area contributed by atoms with Gasteiger partial charge in [0.25, 0.3) is 0 Å². The number of nitrogens with one attached hydrogen (secondary N) is 1. The summed E-state index contributed by atoms with van der Waals surface area (Å²) in [6.07, 6.45) is 3.57. The number of benzene rings is 2. The molecular weight excluding hydrogens is 366 g/mol. The van der Waals surface area contributed by atoms with Crippen LogP contribution < -0.4 is 10.2 Å². The van der Waals surface area contributed by atoms with Gasteiger partial charge in [-0.3, -0.25) is 0 Å². The molecule has 0 radical (unpaired) electrons. The number of fused-ring (bicyclic) bond motifs is 1. The number of aryl methyl sites for hydroxylation is 1. The minimum atomic E-state index is 0.572. The Kier molecular flexibility index (Phi) is 4.53. The standard InChI is InChI=1S/C21H21N7O/c1-15-23-14-28(26-15)18-7-5-17(6-8-18)24-21-22-13-16-3-2-4-19(20(16)25-21)27-9-11-29-12-10-27/h2-8,13-14H,9-12H2,1H3,(H,22,24,25). The van der Waals surface area contributed by atoms with Gasteiger partial charge >= 0.3 is 0 Å². The van der Waals surface area contributed by atoms with E-state index in [9.17, 15) is 0 Å². The molecule has 1 fully saturated rings. The van der Waals surface area contributed by atoms with Crippen molar-refractivity contribution in [3.63, 3.8) is 0 Å². The van der Waals surface area contributed by atoms with Crippen LogP contribution in [0.2, 0.25) is 0 Å². The van der Waals surface area contributed by atoms with Crippen molar-refractivity contribution in [3.8, 4) is 5.69 Å². The van der Waals surface area contributed by atoms with Crippen LogP contribution in [0.3, 0.4) is 0 Å². The number of aromatic nitrogens is 5. The SMILES string of the molecule is Cc1ncn(-c2ccc(Nc3ncc4cccc(N5CCOCC5)c4n3)cc2)n1. The van der Waals surface area contributed by atoms with Crippen molar-refractivity contribution in [2.75, 3.05) is 36.5 Å². The number of rotatable bonds is 4. The van der Waals surface area contributed by atoms with Crippen LogP contribution in [0.15, 0.2) is 55.0 Å². The number of ether oxygens (including phenoxy) is 1. The van der Waals surface area contributed by atoms with E-state index in [1.54, 1.807) is 11.0 Å². The first-order valence-electron chi connectivity index (χ1n) is 9.60. The first kappa shape index (κ1) is 17.6. The summed E-state index contributed by atoms with van der Waals surface area (Å²) < 4.78 is 7.23. The van der Waals surface area contributed by atoms with Crippen molar-refractivity contribution in [3.05, 3.63) is 60.8 Å². The van der Waals surface area contributed by atoms with E-state index in [0.717, 1.165) is 60.1 Å². The van der Waals surface area contributed by atoms with Gasteiger partial charge in [-0.1, -0.05) is 12.1 Å². The molecule has 0 amide bonds. The van der Waals surface area contributed by atoms with E-state index in [1.807, 2.05) is 49.5 Å². The van der Waals surface area contributed by atoms with Crippen LogP contribution in [0.4, 0.5) is 17.3 Å². The molecule has 1 aliphatic heterocycles. The quantitative estimate of drug-likeness (QED) is 0.576. The molecule has 2 aromatic heterocycles. The number of nitrogens with zero attached hydrogens (tertiary/aromatic N) is 6. The minimum absolute atomic E-state index is 0.572. The Morgan fingerprint density at radius 2 is 1.83 bits per heavy atom. The van der Waals surface area contributed by atoms with Crippen molar-refractivity contribution < 1.29 is 4.74 Å². The first-order valence-corrected chi connectivity index (χ1v) is 9.60. The molecule has 0 atom stereocenters. The number of para-hydroxylation sites is 1. The van der Waals surface area contributed by atoms with Crippen LogP contribution in [-0.2, 0) is 4.74 Å². The predicted molar refractivity (Wildman–Crippen MR) is 112 cm³/mol. The second kappa shape index (κ2) is 7.48. The molecule has 1 N–H and O–H groups in total. The molecule has 0 unspecified atom stereocenters. The molecule has 1 aliphatic rings. The second-order valence-corrected chi connectivity index (χ2v) is 6.92. The zero-order valence-corrected chi connectivity index (χ0v) is 16.1. The van der Waals surface area contributed by atoms with Crippen LogP contribution in [0.25, 0.3) is 16.6 Å². The average Bonchev–Trinajstić information content (AvgIpc) is 3.21. The summed E-state index contributed by atoms with van der Waals surface area (Å²) in [5.41, 5.74) is 3.92. The summed E-state index contributed by atoms with van der Waals surface area (Å²) >= 11 is 0. The number of anilines is 3. The van der Waals surface area contributed by atoms with Gasteiger partial charge in [0.2, 0.25) is 5.95 Å². The molecule has 0 saturated carbocycles. The number of morpholine rings is 1. The molecule has 0 bridgehead atoms. The fraction of sp³-hybridized carbons (Fsp3) is 0.238. The summed E-state index contributed by atoms with van der Waals surface area (Å²) in [6.45, 7) is 5.09. The van der Waals surface area contributed by atoms with Crippen LogP contribution in [0.1, 0.15) is 5.82 Å². The summed E-state index contributed by atoms with van der Waals surface area (Å²) in [5, 5.41) is 8.65. The zero-order valence-electron chi connectivity index (χ0n) is 16.1. The van der Waals surface area contributed by atoms with Crippen molar-refractivity contribution in [1.82, 2.24) is 24.7 Å². The topological polar surface area (TPSA) is 81.0 Å². The molecule has 29 heavy (non-hydrogen) atoms. The van der Waals surface area contributed by atoms with Crippen molar-refractivity contribution in [2.45, 2.75) is 6.92 Å². The van der Waals surface area contributed by atoms with Gasteiger partial charge in [-0.25, -0.2) is 19.6 Å². The third-order valence-corrected chi connectivity index (χ3v) is 4.94. The lowest BCUT2D eigenvalue weighted by molar-refractivity contribution is 0.123. The largest absolute Gasteiger partial charge is 0.378 e. The Morgan fingerprint density at radius 3 is 2.59 bits per heavy atom. The van der Waals surface area contributed by atoms with E-state index in [2.05, 4.69) is 31.3 Å². The highest BCUT2D eigenvalue weighted by Gasteiger charge is 2.15. The second-order valence-electron chi connectivity index (χ2n) is 6.92. The summed E-state index contributed by atoms with van der Waals surface area (Å²) in [7, 11) is 0. The highest BCUT2D eigenvalue weighted by Crippen LogP contribution is 2.27. The normalized spacial score (nSPS) is 14.3. The van der Waals surface area contributed by atoms with Crippen molar-refractivity contribution in [1.29, 1.82) is 0 Å². The molecule has 146 valence electrons. The Bertz CT molecular complexity index is 1130. The molecule has 8 heteroatoms. The number of hydrogen-bond donors (Lipinski definition) is 1. The summed E-state index contributed by atoms with van der Waals surface area (Å²) in [4.78, 5) is 15.8. The van der Waals surface area contributed by atoms with Gasteiger partial charge in [0.15, 0.2) is 0 Å². The molecule has 4 aromatic rings. The van der Waals surface area contributed by atoms with Crippen molar-refractivity contribution >= 4 is 28.2 Å². The Morgan fingerprint density at radius 1 is 1.00 bits per heavy atom. The highest BCUT2D eigenvalue weighted by atomic mass is 16.5. The third kappa shape index (κ3) is 3.62. The van der Waals surface area contributed by atoms with Gasteiger partial charge in [-0.2, -0.15) is 5.10 Å². The first-order chi connectivity index (χ1) is 14.3. The molecule has 3 heterocycles. The lowest BCUT2D eigenvalue weighted by Crippen LogP contribution is -2.36. The van der Waals surface area contributed by atoms with Gasteiger partial charge in [0.1, 0.15) is 12.2 Å². The van der Waals surface area contributed by atoms with E-state index in [1.165, 1.54) is 0 Å². The van der Waals surface area contributed by atoms with Gasteiger partial charge in [-0.05, 0) is 37.3 Å². The Labute approximate surface area is 168 Å². The molecule has 1 saturated heterocycles. The lowest BCUT2D eigenvalue weighted by Gasteiger charge is -2.29. The molecule has 8 nitrogen and oxygen atoms in total. The van der Waals surface area contributed by atoms with Gasteiger partial charge in [0.05, 0.1) is 30.1 Å². The minimum Gasteiger partial charge on any atom is -0.378 e. The van der Waals surface area contributed by atoms with E-state index in [0.29, 0.717) is 5.95 Å². The molecule has 0 aliphatic carbocycles. The van der Waals surface area contributed by atoms with Gasteiger partial charge in [-0.15, -0.1) is 0 Å².